The highest BCUT2D eigenvalue weighted by atomic mass is 35.5. The van der Waals surface area contributed by atoms with Gasteiger partial charge in [-0.1, -0.05) is 23.2 Å². The van der Waals surface area contributed by atoms with Crippen LogP contribution >= 0.6 is 23.2 Å². The lowest BCUT2D eigenvalue weighted by Gasteiger charge is -2.05. The molecule has 0 amide bonds. The second-order valence-corrected chi connectivity index (χ2v) is 3.03. The molecule has 0 N–H and O–H groups in total. The third kappa shape index (κ3) is 1.86. The second kappa shape index (κ2) is 4.03. The molecule has 0 aliphatic rings. The molecule has 0 unspecified atom stereocenters. The lowest BCUT2D eigenvalue weighted by molar-refractivity contribution is 0.184. The van der Waals surface area contributed by atoms with Crippen molar-refractivity contribution in [1.29, 1.82) is 0 Å². The zero-order valence-electron chi connectivity index (χ0n) is 6.77. The zero-order valence-corrected chi connectivity index (χ0v) is 8.28. The number of methoxy groups -OCH3 is 1. The van der Waals surface area contributed by atoms with Gasteiger partial charge in [0.2, 0.25) is 0 Å². The lowest BCUT2D eigenvalue weighted by atomic mass is 10.2. The number of halogens is 2. The first-order valence-electron chi connectivity index (χ1n) is 3.33. The van der Waals surface area contributed by atoms with Crippen LogP contribution in [-0.4, -0.2) is 17.3 Å². The van der Waals surface area contributed by atoms with Gasteiger partial charge in [0, 0.05) is 12.7 Å². The quantitative estimate of drug-likeness (QED) is 0.745. The predicted molar refractivity (Wildman–Crippen MR) is 47.5 cm³/mol. The molecule has 0 aliphatic heterocycles. The van der Waals surface area contributed by atoms with Crippen LogP contribution < -0.4 is 0 Å². The van der Waals surface area contributed by atoms with Crippen LogP contribution in [0, 0.1) is 6.92 Å². The van der Waals surface area contributed by atoms with Gasteiger partial charge < -0.3 is 4.74 Å². The summed E-state index contributed by atoms with van der Waals surface area (Å²) in [5.41, 5.74) is 1.61. The zero-order chi connectivity index (χ0) is 9.14. The summed E-state index contributed by atoms with van der Waals surface area (Å²) in [6.45, 7) is 2.23. The Morgan fingerprint density at radius 2 is 1.83 bits per heavy atom. The fraction of sp³-hybridized carbons (Fsp3) is 0.429. The minimum atomic E-state index is 0.346. The number of hydrogen-bond acceptors (Lipinski definition) is 3. The Kier molecular flexibility index (Phi) is 3.26. The van der Waals surface area contributed by atoms with Crippen LogP contribution in [0.1, 0.15) is 11.1 Å². The summed E-state index contributed by atoms with van der Waals surface area (Å²) < 4.78 is 4.93. The number of aromatic nitrogens is 2. The van der Waals surface area contributed by atoms with Crippen LogP contribution in [0.15, 0.2) is 0 Å². The van der Waals surface area contributed by atoms with Gasteiger partial charge in [-0.05, 0) is 12.5 Å². The molecule has 0 fully saturated rings. The van der Waals surface area contributed by atoms with Gasteiger partial charge in [-0.2, -0.15) is 0 Å². The Labute approximate surface area is 80.7 Å². The van der Waals surface area contributed by atoms with Gasteiger partial charge in [0.1, 0.15) is 0 Å². The molecular formula is C7H8Cl2N2O. The third-order valence-corrected chi connectivity index (χ3v) is 2.19. The maximum atomic E-state index is 5.77. The van der Waals surface area contributed by atoms with Crippen molar-refractivity contribution in [3.63, 3.8) is 0 Å². The van der Waals surface area contributed by atoms with Gasteiger partial charge in [-0.15, -0.1) is 10.2 Å². The topological polar surface area (TPSA) is 35.0 Å². The van der Waals surface area contributed by atoms with E-state index in [0.717, 1.165) is 11.1 Å². The fourth-order valence-electron chi connectivity index (χ4n) is 0.815. The molecule has 0 aromatic carbocycles. The standard InChI is InChI=1S/C7H8Cl2N2O/c1-4-5(3-12-2)7(9)11-10-6(4)8/h3H2,1-2H3. The van der Waals surface area contributed by atoms with Crippen molar-refractivity contribution < 1.29 is 4.74 Å². The Balaban J connectivity index is 3.14. The molecule has 1 aromatic rings. The average Bonchev–Trinajstić information content (AvgIpc) is 2.06. The predicted octanol–water partition coefficient (Wildman–Crippen LogP) is 2.24. The molecule has 0 saturated heterocycles. The summed E-state index contributed by atoms with van der Waals surface area (Å²) in [6.07, 6.45) is 0. The summed E-state index contributed by atoms with van der Waals surface area (Å²) in [5, 5.41) is 8.02. The molecule has 3 nitrogen and oxygen atoms in total. The van der Waals surface area contributed by atoms with Gasteiger partial charge in [-0.3, -0.25) is 0 Å². The lowest BCUT2D eigenvalue weighted by Crippen LogP contribution is -1.98. The maximum Gasteiger partial charge on any atom is 0.157 e. The van der Waals surface area contributed by atoms with Crippen molar-refractivity contribution in [2.75, 3.05) is 7.11 Å². The minimum absolute atomic E-state index is 0.346. The Morgan fingerprint density at radius 3 is 2.42 bits per heavy atom. The molecule has 0 spiro atoms. The van der Waals surface area contributed by atoms with Gasteiger partial charge in [0.25, 0.3) is 0 Å². The Morgan fingerprint density at radius 1 is 1.25 bits per heavy atom. The van der Waals surface area contributed by atoms with E-state index in [-0.39, 0.29) is 0 Å². The molecule has 0 saturated carbocycles. The number of rotatable bonds is 2. The van der Waals surface area contributed by atoms with E-state index in [4.69, 9.17) is 27.9 Å². The van der Waals surface area contributed by atoms with E-state index < -0.39 is 0 Å². The van der Waals surface area contributed by atoms with E-state index in [1.807, 2.05) is 6.92 Å². The summed E-state index contributed by atoms with van der Waals surface area (Å²) in [7, 11) is 1.59. The van der Waals surface area contributed by atoms with E-state index in [9.17, 15) is 0 Å². The Hall–Kier alpha value is -0.380. The highest BCUT2D eigenvalue weighted by molar-refractivity contribution is 6.32. The van der Waals surface area contributed by atoms with E-state index in [0.29, 0.717) is 16.9 Å². The normalized spacial score (nSPS) is 10.3. The summed E-state index contributed by atoms with van der Waals surface area (Å²) >= 11 is 11.5. The van der Waals surface area contributed by atoms with E-state index in [1.165, 1.54) is 0 Å². The molecule has 1 heterocycles. The van der Waals surface area contributed by atoms with E-state index in [2.05, 4.69) is 10.2 Å². The number of hydrogen-bond donors (Lipinski definition) is 0. The van der Waals surface area contributed by atoms with Crippen LogP contribution in [-0.2, 0) is 11.3 Å². The highest BCUT2D eigenvalue weighted by Gasteiger charge is 2.09. The van der Waals surface area contributed by atoms with Crippen LogP contribution in [0.5, 0.6) is 0 Å². The SMILES string of the molecule is COCc1c(Cl)nnc(Cl)c1C. The first-order chi connectivity index (χ1) is 5.66. The van der Waals surface area contributed by atoms with Crippen LogP contribution in [0.25, 0.3) is 0 Å². The van der Waals surface area contributed by atoms with E-state index >= 15 is 0 Å². The highest BCUT2D eigenvalue weighted by Crippen LogP contribution is 2.21. The Bertz CT molecular complexity index is 291. The van der Waals surface area contributed by atoms with Gasteiger partial charge in [0.05, 0.1) is 6.61 Å². The molecule has 0 atom stereocenters. The first kappa shape index (κ1) is 9.71. The molecule has 0 bridgehead atoms. The van der Waals surface area contributed by atoms with Crippen molar-refractivity contribution in [2.24, 2.45) is 0 Å². The average molecular weight is 207 g/mol. The van der Waals surface area contributed by atoms with Crippen LogP contribution in [0.3, 0.4) is 0 Å². The fourth-order valence-corrected chi connectivity index (χ4v) is 1.20. The monoisotopic (exact) mass is 206 g/mol. The number of nitrogens with zero attached hydrogens (tertiary/aromatic N) is 2. The smallest absolute Gasteiger partial charge is 0.157 e. The molecular weight excluding hydrogens is 199 g/mol. The minimum Gasteiger partial charge on any atom is -0.380 e. The molecule has 66 valence electrons. The largest absolute Gasteiger partial charge is 0.380 e. The summed E-state index contributed by atoms with van der Waals surface area (Å²) in [6, 6.07) is 0. The molecule has 1 rings (SSSR count). The first-order valence-corrected chi connectivity index (χ1v) is 4.08. The van der Waals surface area contributed by atoms with Crippen LogP contribution in [0.2, 0.25) is 10.3 Å². The summed E-state index contributed by atoms with van der Waals surface area (Å²) in [5.74, 6) is 0. The van der Waals surface area contributed by atoms with E-state index in [1.54, 1.807) is 7.11 Å². The van der Waals surface area contributed by atoms with Crippen molar-refractivity contribution >= 4 is 23.2 Å². The number of ether oxygens (including phenoxy) is 1. The van der Waals surface area contributed by atoms with Crippen molar-refractivity contribution in [3.8, 4) is 0 Å². The summed E-state index contributed by atoms with van der Waals surface area (Å²) in [4.78, 5) is 0. The molecule has 12 heavy (non-hydrogen) atoms. The van der Waals surface area contributed by atoms with Crippen LogP contribution in [0.4, 0.5) is 0 Å². The van der Waals surface area contributed by atoms with Crippen molar-refractivity contribution in [1.82, 2.24) is 10.2 Å². The van der Waals surface area contributed by atoms with Gasteiger partial charge in [-0.25, -0.2) is 0 Å². The van der Waals surface area contributed by atoms with Gasteiger partial charge >= 0.3 is 0 Å². The van der Waals surface area contributed by atoms with Crippen molar-refractivity contribution in [2.45, 2.75) is 13.5 Å². The second-order valence-electron chi connectivity index (χ2n) is 2.32. The third-order valence-electron chi connectivity index (χ3n) is 1.53. The molecule has 1 aromatic heterocycles. The molecule has 0 radical (unpaired) electrons. The van der Waals surface area contributed by atoms with Gasteiger partial charge in [0.15, 0.2) is 10.3 Å². The maximum absolute atomic E-state index is 5.77. The van der Waals surface area contributed by atoms with Crippen molar-refractivity contribution in [3.05, 3.63) is 21.4 Å². The molecule has 5 heteroatoms. The molecule has 0 aliphatic carbocycles.